The van der Waals surface area contributed by atoms with Crippen molar-refractivity contribution in [2.24, 2.45) is 35.0 Å². The summed E-state index contributed by atoms with van der Waals surface area (Å²) in [6.45, 7) is 7.27. The van der Waals surface area contributed by atoms with Crippen LogP contribution in [0.25, 0.3) is 0 Å². The molecular weight excluding hydrogens is 266 g/mol. The van der Waals surface area contributed by atoms with E-state index < -0.39 is 6.10 Å². The van der Waals surface area contributed by atoms with Crippen molar-refractivity contribution in [3.63, 3.8) is 0 Å². The molecule has 2 saturated heterocycles. The molecule has 2 heterocycles. The molecule has 118 valence electrons. The molecule has 2 aliphatic heterocycles. The van der Waals surface area contributed by atoms with Crippen LogP contribution in [-0.4, -0.2) is 43.4 Å². The summed E-state index contributed by atoms with van der Waals surface area (Å²) >= 11 is 0. The molecule has 6 atom stereocenters. The number of esters is 1. The zero-order valence-electron chi connectivity index (χ0n) is 13.8. The van der Waals surface area contributed by atoms with E-state index in [0.29, 0.717) is 11.8 Å². The fourth-order valence-corrected chi connectivity index (χ4v) is 5.35. The average Bonchev–Trinajstić information content (AvgIpc) is 2.69. The Hall–Kier alpha value is -0.900. The molecule has 2 aliphatic carbocycles. The Morgan fingerprint density at radius 1 is 1.29 bits per heavy atom. The second kappa shape index (κ2) is 4.80. The predicted octanol–water partition coefficient (Wildman–Crippen LogP) is 1.98. The van der Waals surface area contributed by atoms with E-state index in [2.05, 4.69) is 39.8 Å². The number of carbonyl (C=O) groups excluding carboxylic acids is 2. The topological polar surface area (TPSA) is 46.6 Å². The van der Waals surface area contributed by atoms with Crippen molar-refractivity contribution in [1.29, 1.82) is 0 Å². The number of ketones is 1. The van der Waals surface area contributed by atoms with E-state index in [4.69, 9.17) is 4.74 Å². The minimum absolute atomic E-state index is 0.119. The summed E-state index contributed by atoms with van der Waals surface area (Å²) in [7, 11) is 4.14. The van der Waals surface area contributed by atoms with Crippen LogP contribution in [0.1, 0.15) is 33.6 Å². The van der Waals surface area contributed by atoms with E-state index in [9.17, 15) is 9.59 Å². The van der Waals surface area contributed by atoms with Crippen LogP contribution in [0.2, 0.25) is 0 Å². The number of Topliss-reactive ketones (excluding diaryl/α,β-unsaturated/α-hetero) is 1. The highest BCUT2D eigenvalue weighted by Gasteiger charge is 2.69. The van der Waals surface area contributed by atoms with Crippen LogP contribution in [0.3, 0.4) is 0 Å². The summed E-state index contributed by atoms with van der Waals surface area (Å²) in [6.07, 6.45) is 1.64. The number of carbonyl (C=O) groups is 2. The van der Waals surface area contributed by atoms with E-state index in [1.54, 1.807) is 0 Å². The molecule has 4 nitrogen and oxygen atoms in total. The Bertz CT molecular complexity index is 473. The van der Waals surface area contributed by atoms with Crippen molar-refractivity contribution < 1.29 is 14.3 Å². The summed E-state index contributed by atoms with van der Waals surface area (Å²) in [5.41, 5.74) is -0.161. The van der Waals surface area contributed by atoms with Gasteiger partial charge in [0.25, 0.3) is 0 Å². The van der Waals surface area contributed by atoms with Crippen LogP contribution < -0.4 is 0 Å². The lowest BCUT2D eigenvalue weighted by atomic mass is 9.52. The van der Waals surface area contributed by atoms with Crippen molar-refractivity contribution in [1.82, 2.24) is 4.90 Å². The third kappa shape index (κ3) is 1.91. The molecule has 21 heavy (non-hydrogen) atoms. The highest BCUT2D eigenvalue weighted by molar-refractivity contribution is 5.97. The van der Waals surface area contributed by atoms with Gasteiger partial charge in [-0.25, -0.2) is 0 Å². The first kappa shape index (κ1) is 15.0. The smallest absolute Gasteiger partial charge is 0.310 e. The third-order valence-corrected chi connectivity index (χ3v) is 6.29. The Labute approximate surface area is 127 Å². The Kier molecular flexibility index (Phi) is 3.43. The van der Waals surface area contributed by atoms with Crippen molar-refractivity contribution in [3.05, 3.63) is 0 Å². The first-order valence-corrected chi connectivity index (χ1v) is 8.17. The van der Waals surface area contributed by atoms with Gasteiger partial charge in [-0.05, 0) is 44.7 Å². The van der Waals surface area contributed by atoms with Gasteiger partial charge in [-0.3, -0.25) is 9.59 Å². The van der Waals surface area contributed by atoms with E-state index in [0.717, 1.165) is 19.4 Å². The highest BCUT2D eigenvalue weighted by atomic mass is 16.6. The predicted molar refractivity (Wildman–Crippen MR) is 79.6 cm³/mol. The molecule has 0 aromatic carbocycles. The number of nitrogens with zero attached hydrogens (tertiary/aromatic N) is 1. The first-order chi connectivity index (χ1) is 9.78. The molecule has 4 aliphatic rings. The molecule has 0 amide bonds. The quantitative estimate of drug-likeness (QED) is 0.747. The van der Waals surface area contributed by atoms with Crippen LogP contribution in [-0.2, 0) is 14.3 Å². The third-order valence-electron chi connectivity index (χ3n) is 6.29. The molecule has 1 unspecified atom stereocenters. The lowest BCUT2D eigenvalue weighted by molar-refractivity contribution is -0.213. The second-order valence-electron chi connectivity index (χ2n) is 8.02. The maximum Gasteiger partial charge on any atom is 0.310 e. The van der Waals surface area contributed by atoms with Gasteiger partial charge in [0.15, 0.2) is 11.9 Å². The zero-order chi connectivity index (χ0) is 15.5. The van der Waals surface area contributed by atoms with Crippen LogP contribution in [0.4, 0.5) is 0 Å². The summed E-state index contributed by atoms with van der Waals surface area (Å²) in [4.78, 5) is 27.4. The van der Waals surface area contributed by atoms with E-state index in [-0.39, 0.29) is 34.9 Å². The SMILES string of the molecule is CC(C)[C@H]1C(=O)[C@H]2OC(=O)C1[C@@H]1CC[C@H](CN(C)C)[C@]21C. The van der Waals surface area contributed by atoms with Gasteiger partial charge in [0, 0.05) is 17.9 Å². The Morgan fingerprint density at radius 2 is 1.95 bits per heavy atom. The number of ether oxygens (including phenoxy) is 1. The Morgan fingerprint density at radius 3 is 2.52 bits per heavy atom. The van der Waals surface area contributed by atoms with Crippen molar-refractivity contribution in [3.8, 4) is 0 Å². The van der Waals surface area contributed by atoms with Gasteiger partial charge in [-0.2, -0.15) is 0 Å². The molecule has 0 N–H and O–H groups in total. The summed E-state index contributed by atoms with van der Waals surface area (Å²) in [6, 6.07) is 0. The van der Waals surface area contributed by atoms with Crippen LogP contribution in [0.15, 0.2) is 0 Å². The molecule has 0 radical (unpaired) electrons. The Balaban J connectivity index is 1.99. The minimum Gasteiger partial charge on any atom is -0.453 e. The number of fused-ring (bicyclic) bond motifs is 2. The molecule has 0 aromatic rings. The molecule has 4 fully saturated rings. The van der Waals surface area contributed by atoms with E-state index >= 15 is 0 Å². The molecule has 2 bridgehead atoms. The summed E-state index contributed by atoms with van der Waals surface area (Å²) in [5, 5.41) is 0. The van der Waals surface area contributed by atoms with Gasteiger partial charge in [0.05, 0.1) is 5.92 Å². The fraction of sp³-hybridized carbons (Fsp3) is 0.882. The lowest BCUT2D eigenvalue weighted by Gasteiger charge is -2.56. The monoisotopic (exact) mass is 293 g/mol. The van der Waals surface area contributed by atoms with Gasteiger partial charge >= 0.3 is 5.97 Å². The lowest BCUT2D eigenvalue weighted by Crippen LogP contribution is -2.66. The van der Waals surface area contributed by atoms with Gasteiger partial charge in [-0.1, -0.05) is 20.8 Å². The molecule has 0 aromatic heterocycles. The molecule has 4 heteroatoms. The second-order valence-corrected chi connectivity index (χ2v) is 8.02. The van der Waals surface area contributed by atoms with Gasteiger partial charge in [-0.15, -0.1) is 0 Å². The first-order valence-electron chi connectivity index (χ1n) is 8.17. The van der Waals surface area contributed by atoms with Crippen molar-refractivity contribution in [2.75, 3.05) is 20.6 Å². The highest BCUT2D eigenvalue weighted by Crippen LogP contribution is 2.62. The maximum absolute atomic E-state index is 12.9. The molecular formula is C17H27NO3. The van der Waals surface area contributed by atoms with E-state index in [1.165, 1.54) is 0 Å². The average molecular weight is 293 g/mol. The summed E-state index contributed by atoms with van der Waals surface area (Å²) in [5.74, 6) is 0.696. The van der Waals surface area contributed by atoms with Gasteiger partial charge in [0.2, 0.25) is 0 Å². The number of rotatable bonds is 3. The van der Waals surface area contributed by atoms with Crippen molar-refractivity contribution in [2.45, 2.75) is 39.7 Å². The molecule has 4 rings (SSSR count). The van der Waals surface area contributed by atoms with E-state index in [1.807, 2.05) is 0 Å². The van der Waals surface area contributed by atoms with Crippen LogP contribution in [0, 0.1) is 35.0 Å². The zero-order valence-corrected chi connectivity index (χ0v) is 13.8. The number of hydrogen-bond donors (Lipinski definition) is 0. The summed E-state index contributed by atoms with van der Waals surface area (Å²) < 4.78 is 5.60. The number of hydrogen-bond acceptors (Lipinski definition) is 4. The standard InChI is InChI=1S/C17H27NO3/c1-9(2)12-13-11-7-6-10(8-18(4)5)17(11,3)15(14(12)19)21-16(13)20/h9-13,15H,6-8H2,1-5H3/t10-,11+,12-,13?,15-,17+/m1/s1. The molecule has 2 saturated carbocycles. The van der Waals surface area contributed by atoms with Crippen LogP contribution in [0.5, 0.6) is 0 Å². The van der Waals surface area contributed by atoms with Gasteiger partial charge in [0.1, 0.15) is 0 Å². The minimum atomic E-state index is -0.514. The largest absolute Gasteiger partial charge is 0.453 e. The van der Waals surface area contributed by atoms with Crippen LogP contribution >= 0.6 is 0 Å². The maximum atomic E-state index is 12.9. The normalized spacial score (nSPS) is 45.4. The van der Waals surface area contributed by atoms with Crippen molar-refractivity contribution >= 4 is 11.8 Å². The van der Waals surface area contributed by atoms with Gasteiger partial charge < -0.3 is 9.64 Å². The molecule has 0 spiro atoms. The fourth-order valence-electron chi connectivity index (χ4n) is 5.35.